The van der Waals surface area contributed by atoms with E-state index in [9.17, 15) is 4.79 Å². The fraction of sp³-hybridized carbons (Fsp3) is 0.0556. The molecule has 3 heterocycles. The molecule has 27 heavy (non-hydrogen) atoms. The first-order valence-electron chi connectivity index (χ1n) is 8.10. The summed E-state index contributed by atoms with van der Waals surface area (Å²) in [5, 5.41) is 9.31. The highest BCUT2D eigenvalue weighted by Crippen LogP contribution is 2.26. The molecule has 2 amide bonds. The number of aromatic nitrogens is 5. The fourth-order valence-electron chi connectivity index (χ4n) is 2.47. The van der Waals surface area contributed by atoms with Gasteiger partial charge in [0.1, 0.15) is 5.75 Å². The number of ether oxygens (including phenoxy) is 1. The first-order chi connectivity index (χ1) is 13.2. The molecular formula is C18H15N7O2. The van der Waals surface area contributed by atoms with Crippen LogP contribution >= 0.6 is 0 Å². The highest BCUT2D eigenvalue weighted by Gasteiger charge is 2.08. The molecule has 3 aromatic heterocycles. The summed E-state index contributed by atoms with van der Waals surface area (Å²) in [6, 6.07) is 9.15. The minimum Gasteiger partial charge on any atom is -0.424 e. The first kappa shape index (κ1) is 16.5. The average Bonchev–Trinajstić information content (AvgIpc) is 3.14. The molecule has 0 aliphatic rings. The molecule has 4 aromatic rings. The number of nitrogens with zero attached hydrogens (tertiary/aromatic N) is 5. The second-order valence-electron chi connectivity index (χ2n) is 5.53. The molecule has 0 spiro atoms. The van der Waals surface area contributed by atoms with E-state index in [1.54, 1.807) is 16.9 Å². The topological polar surface area (TPSA) is 106 Å². The molecule has 9 heteroatoms. The van der Waals surface area contributed by atoms with Gasteiger partial charge in [-0.1, -0.05) is 12.1 Å². The number of hydrogen-bond acceptors (Lipinski definition) is 6. The minimum absolute atomic E-state index is 0.183. The molecule has 0 aliphatic heterocycles. The zero-order chi connectivity index (χ0) is 18.6. The number of urea groups is 1. The van der Waals surface area contributed by atoms with Crippen LogP contribution in [-0.4, -0.2) is 37.6 Å². The summed E-state index contributed by atoms with van der Waals surface area (Å²) in [6.07, 6.45) is 8.30. The van der Waals surface area contributed by atoms with Crippen LogP contribution in [0.2, 0.25) is 0 Å². The second-order valence-corrected chi connectivity index (χ2v) is 5.53. The van der Waals surface area contributed by atoms with Crippen molar-refractivity contribution in [1.82, 2.24) is 29.9 Å². The largest absolute Gasteiger partial charge is 0.424 e. The smallest absolute Gasteiger partial charge is 0.322 e. The van der Waals surface area contributed by atoms with E-state index in [1.807, 2.05) is 36.5 Å². The van der Waals surface area contributed by atoms with E-state index in [4.69, 9.17) is 4.74 Å². The van der Waals surface area contributed by atoms with Gasteiger partial charge in [0.15, 0.2) is 5.65 Å². The molecule has 0 unspecified atom stereocenters. The number of fused-ring (bicyclic) bond motifs is 1. The minimum atomic E-state index is -0.343. The molecule has 9 nitrogen and oxygen atoms in total. The van der Waals surface area contributed by atoms with E-state index in [1.165, 1.54) is 19.4 Å². The van der Waals surface area contributed by atoms with Gasteiger partial charge in [-0.25, -0.2) is 24.3 Å². The van der Waals surface area contributed by atoms with Gasteiger partial charge in [-0.05, 0) is 23.8 Å². The van der Waals surface area contributed by atoms with Crippen molar-refractivity contribution in [3.8, 4) is 22.9 Å². The molecule has 0 radical (unpaired) electrons. The van der Waals surface area contributed by atoms with E-state index in [0.717, 1.165) is 16.8 Å². The van der Waals surface area contributed by atoms with Gasteiger partial charge in [-0.15, -0.1) is 0 Å². The van der Waals surface area contributed by atoms with Crippen molar-refractivity contribution < 1.29 is 9.53 Å². The van der Waals surface area contributed by atoms with Crippen molar-refractivity contribution in [2.45, 2.75) is 0 Å². The number of carbonyl (C=O) groups is 1. The molecule has 0 atom stereocenters. The summed E-state index contributed by atoms with van der Waals surface area (Å²) in [5.41, 5.74) is 3.16. The zero-order valence-corrected chi connectivity index (χ0v) is 14.3. The number of hydrogen-bond donors (Lipinski definition) is 2. The molecule has 2 N–H and O–H groups in total. The third-order valence-electron chi connectivity index (χ3n) is 3.77. The van der Waals surface area contributed by atoms with E-state index in [-0.39, 0.29) is 12.0 Å². The Morgan fingerprint density at radius 1 is 1.07 bits per heavy atom. The summed E-state index contributed by atoms with van der Waals surface area (Å²) in [5.74, 6) is 0.593. The maximum atomic E-state index is 11.2. The summed E-state index contributed by atoms with van der Waals surface area (Å²) >= 11 is 0. The summed E-state index contributed by atoms with van der Waals surface area (Å²) in [4.78, 5) is 23.8. The molecule has 0 saturated heterocycles. The Kier molecular flexibility index (Phi) is 4.32. The lowest BCUT2D eigenvalue weighted by atomic mass is 10.1. The number of amides is 2. The van der Waals surface area contributed by atoms with Crippen LogP contribution in [0.5, 0.6) is 11.8 Å². The van der Waals surface area contributed by atoms with Gasteiger partial charge in [-0.2, -0.15) is 5.10 Å². The molecule has 0 saturated carbocycles. The van der Waals surface area contributed by atoms with E-state index in [2.05, 4.69) is 30.7 Å². The Balaban J connectivity index is 1.49. The van der Waals surface area contributed by atoms with Crippen LogP contribution in [0, 0.1) is 0 Å². The number of nitrogens with one attached hydrogen (secondary N) is 2. The van der Waals surface area contributed by atoms with Gasteiger partial charge < -0.3 is 15.4 Å². The van der Waals surface area contributed by atoms with Crippen molar-refractivity contribution in [1.29, 1.82) is 0 Å². The normalized spacial score (nSPS) is 10.6. The van der Waals surface area contributed by atoms with Crippen LogP contribution in [0.3, 0.4) is 0 Å². The predicted octanol–water partition coefficient (Wildman–Crippen LogP) is 2.73. The van der Waals surface area contributed by atoms with Gasteiger partial charge in [-0.3, -0.25) is 0 Å². The summed E-state index contributed by atoms with van der Waals surface area (Å²) in [7, 11) is 1.53. The van der Waals surface area contributed by atoms with Gasteiger partial charge in [0.2, 0.25) is 0 Å². The Labute approximate surface area is 154 Å². The number of rotatable bonds is 4. The average molecular weight is 361 g/mol. The lowest BCUT2D eigenvalue weighted by Gasteiger charge is -2.06. The third kappa shape index (κ3) is 3.52. The fourth-order valence-corrected chi connectivity index (χ4v) is 2.47. The van der Waals surface area contributed by atoms with Crippen molar-refractivity contribution in [3.05, 3.63) is 61.3 Å². The predicted molar refractivity (Wildman–Crippen MR) is 98.6 cm³/mol. The Bertz CT molecular complexity index is 1080. The second kappa shape index (κ2) is 7.08. The molecular weight excluding hydrogens is 346 g/mol. The van der Waals surface area contributed by atoms with Gasteiger partial charge in [0.05, 0.1) is 24.3 Å². The molecule has 4 rings (SSSR count). The van der Waals surface area contributed by atoms with Crippen LogP contribution < -0.4 is 15.4 Å². The Morgan fingerprint density at radius 2 is 1.85 bits per heavy atom. The number of carbonyl (C=O) groups excluding carboxylic acids is 1. The van der Waals surface area contributed by atoms with Crippen molar-refractivity contribution in [3.63, 3.8) is 0 Å². The highest BCUT2D eigenvalue weighted by molar-refractivity contribution is 5.88. The van der Waals surface area contributed by atoms with Crippen LogP contribution in [0.1, 0.15) is 0 Å². The molecule has 0 aliphatic carbocycles. The van der Waals surface area contributed by atoms with Crippen LogP contribution in [0.4, 0.5) is 10.5 Å². The van der Waals surface area contributed by atoms with E-state index in [0.29, 0.717) is 11.4 Å². The van der Waals surface area contributed by atoms with Crippen LogP contribution in [0.25, 0.3) is 16.8 Å². The maximum absolute atomic E-state index is 11.2. The third-order valence-corrected chi connectivity index (χ3v) is 3.77. The van der Waals surface area contributed by atoms with Crippen LogP contribution in [-0.2, 0) is 0 Å². The zero-order valence-electron chi connectivity index (χ0n) is 14.3. The van der Waals surface area contributed by atoms with Gasteiger partial charge in [0, 0.05) is 25.0 Å². The Morgan fingerprint density at radius 3 is 2.59 bits per heavy atom. The monoisotopic (exact) mass is 361 g/mol. The lowest BCUT2D eigenvalue weighted by molar-refractivity contribution is 0.254. The molecule has 134 valence electrons. The molecule has 0 bridgehead atoms. The molecule has 1 aromatic carbocycles. The lowest BCUT2D eigenvalue weighted by Crippen LogP contribution is -2.24. The van der Waals surface area contributed by atoms with Crippen molar-refractivity contribution >= 4 is 17.4 Å². The SMILES string of the molecule is CNC(=O)Nc1cnc(Oc2ccc(-c3cnn4cccnc34)cc2)nc1. The van der Waals surface area contributed by atoms with Crippen molar-refractivity contribution in [2.24, 2.45) is 0 Å². The van der Waals surface area contributed by atoms with E-state index >= 15 is 0 Å². The maximum Gasteiger partial charge on any atom is 0.322 e. The summed E-state index contributed by atoms with van der Waals surface area (Å²) in [6.45, 7) is 0. The van der Waals surface area contributed by atoms with Crippen molar-refractivity contribution in [2.75, 3.05) is 12.4 Å². The quantitative estimate of drug-likeness (QED) is 0.579. The standard InChI is InChI=1S/C18H15N7O2/c1-19-17(26)24-13-9-21-18(22-10-13)27-14-5-3-12(4-6-14)15-11-23-25-8-2-7-20-16(15)25/h2-11H,1H3,(H2,19,24,26). The first-order valence-corrected chi connectivity index (χ1v) is 8.10. The summed E-state index contributed by atoms with van der Waals surface area (Å²) < 4.78 is 7.36. The highest BCUT2D eigenvalue weighted by atomic mass is 16.5. The number of benzene rings is 1. The van der Waals surface area contributed by atoms with Crippen LogP contribution in [0.15, 0.2) is 61.3 Å². The molecule has 0 fully saturated rings. The van der Waals surface area contributed by atoms with Gasteiger partial charge in [0.25, 0.3) is 0 Å². The van der Waals surface area contributed by atoms with E-state index < -0.39 is 0 Å². The Hall–Kier alpha value is -4.01. The van der Waals surface area contributed by atoms with Gasteiger partial charge >= 0.3 is 12.0 Å². The number of anilines is 1.